The SMILES string of the molecule is CCOC(=O)C=CC1Cc2ccccc2N(C(=O)O)C1C(C)(C)C. The fourth-order valence-corrected chi connectivity index (χ4v) is 3.44. The highest BCUT2D eigenvalue weighted by Gasteiger charge is 2.43. The Balaban J connectivity index is 2.46. The van der Waals surface area contributed by atoms with Gasteiger partial charge in [-0.15, -0.1) is 0 Å². The fraction of sp³-hybridized carbons (Fsp3) is 0.474. The van der Waals surface area contributed by atoms with Gasteiger partial charge in [-0.25, -0.2) is 9.59 Å². The minimum absolute atomic E-state index is 0.0968. The average Bonchev–Trinajstić information content (AvgIpc) is 2.50. The van der Waals surface area contributed by atoms with Crippen LogP contribution in [0.5, 0.6) is 0 Å². The highest BCUT2D eigenvalue weighted by Crippen LogP contribution is 2.41. The normalized spacial score (nSPS) is 20.8. The van der Waals surface area contributed by atoms with Gasteiger partial charge in [0.2, 0.25) is 0 Å². The third-order valence-electron chi connectivity index (χ3n) is 4.25. The number of esters is 1. The number of fused-ring (bicyclic) bond motifs is 1. The first kappa shape index (κ1) is 18.0. The Morgan fingerprint density at radius 1 is 1.33 bits per heavy atom. The van der Waals surface area contributed by atoms with E-state index in [1.807, 2.05) is 45.0 Å². The van der Waals surface area contributed by atoms with Crippen LogP contribution in [0.2, 0.25) is 0 Å². The number of amides is 1. The zero-order chi connectivity index (χ0) is 17.9. The summed E-state index contributed by atoms with van der Waals surface area (Å²) in [6.07, 6.45) is 2.93. The number of rotatable bonds is 3. The molecule has 0 saturated carbocycles. The van der Waals surface area contributed by atoms with E-state index in [9.17, 15) is 14.7 Å². The molecule has 0 spiro atoms. The Bertz CT molecular complexity index is 645. The summed E-state index contributed by atoms with van der Waals surface area (Å²) in [7, 11) is 0. The van der Waals surface area contributed by atoms with Crippen LogP contribution >= 0.6 is 0 Å². The lowest BCUT2D eigenvalue weighted by Crippen LogP contribution is -2.54. The van der Waals surface area contributed by atoms with E-state index in [1.165, 1.54) is 11.0 Å². The van der Waals surface area contributed by atoms with Crippen LogP contribution in [0.3, 0.4) is 0 Å². The maximum Gasteiger partial charge on any atom is 0.412 e. The summed E-state index contributed by atoms with van der Waals surface area (Å²) < 4.78 is 4.94. The van der Waals surface area contributed by atoms with Crippen molar-refractivity contribution in [2.45, 2.75) is 40.2 Å². The summed E-state index contributed by atoms with van der Waals surface area (Å²) in [4.78, 5) is 25.1. The second kappa shape index (κ2) is 7.07. The van der Waals surface area contributed by atoms with Gasteiger partial charge in [-0.05, 0) is 30.4 Å². The van der Waals surface area contributed by atoms with Crippen molar-refractivity contribution in [1.82, 2.24) is 0 Å². The number of para-hydroxylation sites is 1. The maximum absolute atomic E-state index is 12.0. The summed E-state index contributed by atoms with van der Waals surface area (Å²) in [5.74, 6) is -0.494. The number of carboxylic acid groups (broad SMARTS) is 1. The minimum Gasteiger partial charge on any atom is -0.465 e. The molecule has 0 saturated heterocycles. The molecule has 5 nitrogen and oxygen atoms in total. The van der Waals surface area contributed by atoms with Crippen molar-refractivity contribution in [3.8, 4) is 0 Å². The molecule has 1 aromatic carbocycles. The largest absolute Gasteiger partial charge is 0.465 e. The standard InChI is InChI=1S/C19H25NO4/c1-5-24-16(21)11-10-14-12-13-8-6-7-9-15(13)20(18(22)23)17(14)19(2,3)4/h6-11,14,17H,5,12H2,1-4H3,(H,22,23). The van der Waals surface area contributed by atoms with Crippen molar-refractivity contribution in [2.75, 3.05) is 11.5 Å². The summed E-state index contributed by atoms with van der Waals surface area (Å²) in [6, 6.07) is 7.27. The van der Waals surface area contributed by atoms with Crippen molar-refractivity contribution in [3.63, 3.8) is 0 Å². The van der Waals surface area contributed by atoms with E-state index in [2.05, 4.69) is 0 Å². The molecule has 0 fully saturated rings. The van der Waals surface area contributed by atoms with Gasteiger partial charge < -0.3 is 9.84 Å². The molecule has 130 valence electrons. The third-order valence-corrected chi connectivity index (χ3v) is 4.25. The monoisotopic (exact) mass is 331 g/mol. The van der Waals surface area contributed by atoms with Crippen LogP contribution in [0.4, 0.5) is 10.5 Å². The average molecular weight is 331 g/mol. The van der Waals surface area contributed by atoms with Crippen molar-refractivity contribution in [2.24, 2.45) is 11.3 Å². The van der Waals surface area contributed by atoms with E-state index in [4.69, 9.17) is 4.74 Å². The molecule has 5 heteroatoms. The molecule has 2 atom stereocenters. The van der Waals surface area contributed by atoms with E-state index >= 15 is 0 Å². The van der Waals surface area contributed by atoms with Crippen molar-refractivity contribution < 1.29 is 19.4 Å². The van der Waals surface area contributed by atoms with E-state index in [0.29, 0.717) is 13.0 Å². The molecule has 0 aliphatic carbocycles. The van der Waals surface area contributed by atoms with Gasteiger partial charge in [0.15, 0.2) is 0 Å². The van der Waals surface area contributed by atoms with Gasteiger partial charge in [0.25, 0.3) is 0 Å². The van der Waals surface area contributed by atoms with Gasteiger partial charge in [-0.3, -0.25) is 4.90 Å². The number of ether oxygens (including phenoxy) is 1. The van der Waals surface area contributed by atoms with Gasteiger partial charge in [-0.2, -0.15) is 0 Å². The van der Waals surface area contributed by atoms with E-state index < -0.39 is 12.1 Å². The lowest BCUT2D eigenvalue weighted by molar-refractivity contribution is -0.137. The number of anilines is 1. The lowest BCUT2D eigenvalue weighted by Gasteiger charge is -2.46. The zero-order valence-corrected chi connectivity index (χ0v) is 14.7. The summed E-state index contributed by atoms with van der Waals surface area (Å²) in [6.45, 7) is 8.14. The Morgan fingerprint density at radius 2 is 2.00 bits per heavy atom. The predicted octanol–water partition coefficient (Wildman–Crippen LogP) is 3.88. The topological polar surface area (TPSA) is 66.8 Å². The molecule has 0 bridgehead atoms. The quantitative estimate of drug-likeness (QED) is 0.674. The van der Waals surface area contributed by atoms with Gasteiger partial charge in [0.05, 0.1) is 18.3 Å². The predicted molar refractivity (Wildman–Crippen MR) is 93.2 cm³/mol. The Hall–Kier alpha value is -2.30. The molecule has 1 aromatic rings. The Labute approximate surface area is 142 Å². The number of carbonyl (C=O) groups is 2. The van der Waals surface area contributed by atoms with E-state index in [-0.39, 0.29) is 17.4 Å². The molecule has 0 radical (unpaired) electrons. The molecular weight excluding hydrogens is 306 g/mol. The molecule has 2 rings (SSSR count). The van der Waals surface area contributed by atoms with Gasteiger partial charge in [0.1, 0.15) is 0 Å². The summed E-state index contributed by atoms with van der Waals surface area (Å²) >= 11 is 0. The number of hydrogen-bond acceptors (Lipinski definition) is 3. The number of carbonyl (C=O) groups excluding carboxylic acids is 1. The van der Waals surface area contributed by atoms with Gasteiger partial charge >= 0.3 is 12.1 Å². The molecule has 1 amide bonds. The first-order chi connectivity index (χ1) is 11.3. The summed E-state index contributed by atoms with van der Waals surface area (Å²) in [5, 5.41) is 9.81. The van der Waals surface area contributed by atoms with Gasteiger partial charge in [-0.1, -0.05) is 45.0 Å². The molecule has 1 aliphatic heterocycles. The molecular formula is C19H25NO4. The number of nitrogens with zero attached hydrogens (tertiary/aromatic N) is 1. The minimum atomic E-state index is -0.975. The Morgan fingerprint density at radius 3 is 2.58 bits per heavy atom. The smallest absolute Gasteiger partial charge is 0.412 e. The second-order valence-corrected chi connectivity index (χ2v) is 7.07. The van der Waals surface area contributed by atoms with Crippen LogP contribution < -0.4 is 4.90 Å². The summed E-state index contributed by atoms with van der Waals surface area (Å²) in [5.41, 5.74) is 1.42. The van der Waals surface area contributed by atoms with Crippen molar-refractivity contribution >= 4 is 17.7 Å². The van der Waals surface area contributed by atoms with Crippen LogP contribution in [0, 0.1) is 11.3 Å². The second-order valence-electron chi connectivity index (χ2n) is 7.07. The molecule has 1 aliphatic rings. The highest BCUT2D eigenvalue weighted by atomic mass is 16.5. The van der Waals surface area contributed by atoms with Crippen LogP contribution in [0.1, 0.15) is 33.3 Å². The number of hydrogen-bond donors (Lipinski definition) is 1. The first-order valence-electron chi connectivity index (χ1n) is 8.20. The third kappa shape index (κ3) is 3.78. The molecule has 0 aromatic heterocycles. The molecule has 1 N–H and O–H groups in total. The molecule has 2 unspecified atom stereocenters. The maximum atomic E-state index is 12.0. The van der Waals surface area contributed by atoms with Crippen LogP contribution in [0.25, 0.3) is 0 Å². The van der Waals surface area contributed by atoms with Crippen LogP contribution in [-0.2, 0) is 16.0 Å². The highest BCUT2D eigenvalue weighted by molar-refractivity contribution is 5.89. The van der Waals surface area contributed by atoms with Crippen LogP contribution in [-0.4, -0.2) is 29.8 Å². The van der Waals surface area contributed by atoms with E-state index in [1.54, 1.807) is 13.0 Å². The van der Waals surface area contributed by atoms with Gasteiger partial charge in [0, 0.05) is 12.0 Å². The molecule has 1 heterocycles. The fourth-order valence-electron chi connectivity index (χ4n) is 3.44. The number of benzene rings is 1. The van der Waals surface area contributed by atoms with E-state index in [0.717, 1.165) is 11.3 Å². The zero-order valence-electron chi connectivity index (χ0n) is 14.7. The van der Waals surface area contributed by atoms with Crippen molar-refractivity contribution in [1.29, 1.82) is 0 Å². The van der Waals surface area contributed by atoms with Crippen molar-refractivity contribution in [3.05, 3.63) is 42.0 Å². The first-order valence-corrected chi connectivity index (χ1v) is 8.20. The van der Waals surface area contributed by atoms with Crippen LogP contribution in [0.15, 0.2) is 36.4 Å². The molecule has 24 heavy (non-hydrogen) atoms. The lowest BCUT2D eigenvalue weighted by atomic mass is 9.73. The Kier molecular flexibility index (Phi) is 5.32.